The highest BCUT2D eigenvalue weighted by Gasteiger charge is 2.36. The first kappa shape index (κ1) is 34.2. The monoisotopic (exact) mass is 645 g/mol. The Bertz CT molecular complexity index is 1760. The molecule has 242 valence electrons. The minimum absolute atomic E-state index is 0.0293. The molecule has 0 bridgehead atoms. The predicted octanol–water partition coefficient (Wildman–Crippen LogP) is 5.89. The molecule has 0 aromatic heterocycles. The lowest BCUT2D eigenvalue weighted by molar-refractivity contribution is -0.140. The second-order valence-corrected chi connectivity index (χ2v) is 13.9. The van der Waals surface area contributed by atoms with Crippen LogP contribution >= 0.6 is 0 Å². The molecule has 1 N–H and O–H groups in total. The van der Waals surface area contributed by atoms with Crippen LogP contribution < -0.4 is 14.4 Å². The largest absolute Gasteiger partial charge is 0.495 e. The van der Waals surface area contributed by atoms with Crippen molar-refractivity contribution in [2.24, 2.45) is 0 Å². The molecular weight excluding hydrogens is 605 g/mol. The van der Waals surface area contributed by atoms with Crippen LogP contribution in [0.3, 0.4) is 0 Å². The molecule has 8 nitrogen and oxygen atoms in total. The first-order chi connectivity index (χ1) is 21.8. The smallest absolute Gasteiger partial charge is 0.264 e. The summed E-state index contributed by atoms with van der Waals surface area (Å²) < 4.78 is 50.1. The fourth-order valence-electron chi connectivity index (χ4n) is 5.04. The molecule has 0 spiro atoms. The van der Waals surface area contributed by atoms with Crippen LogP contribution in [0.25, 0.3) is 0 Å². The van der Waals surface area contributed by atoms with E-state index >= 15 is 4.39 Å². The highest BCUT2D eigenvalue weighted by atomic mass is 32.2. The Morgan fingerprint density at radius 3 is 2.11 bits per heavy atom. The molecule has 2 amide bonds. The number of aryl methyl sites for hydroxylation is 1. The molecule has 0 fully saturated rings. The van der Waals surface area contributed by atoms with E-state index < -0.39 is 45.8 Å². The van der Waals surface area contributed by atoms with E-state index in [-0.39, 0.29) is 34.9 Å². The van der Waals surface area contributed by atoms with Gasteiger partial charge in [-0.2, -0.15) is 0 Å². The number of nitrogens with zero attached hydrogens (tertiary/aromatic N) is 2. The van der Waals surface area contributed by atoms with Gasteiger partial charge in [0.05, 0.1) is 17.7 Å². The number of carbonyl (C=O) groups excluding carboxylic acids is 2. The van der Waals surface area contributed by atoms with E-state index in [2.05, 4.69) is 5.32 Å². The van der Waals surface area contributed by atoms with Crippen molar-refractivity contribution in [3.8, 4) is 5.75 Å². The van der Waals surface area contributed by atoms with Crippen molar-refractivity contribution in [3.63, 3.8) is 0 Å². The van der Waals surface area contributed by atoms with E-state index in [0.29, 0.717) is 0 Å². The predicted molar refractivity (Wildman–Crippen MR) is 177 cm³/mol. The fraction of sp³-hybridized carbons (Fsp3) is 0.278. The fourth-order valence-corrected chi connectivity index (χ4v) is 6.48. The van der Waals surface area contributed by atoms with Crippen LogP contribution in [0.4, 0.5) is 10.1 Å². The quantitative estimate of drug-likeness (QED) is 0.207. The molecule has 4 rings (SSSR count). The average molecular weight is 646 g/mol. The molecule has 0 saturated heterocycles. The van der Waals surface area contributed by atoms with Crippen LogP contribution in [0, 0.1) is 12.7 Å². The van der Waals surface area contributed by atoms with Crippen LogP contribution in [-0.2, 0) is 32.6 Å². The minimum Gasteiger partial charge on any atom is -0.495 e. The van der Waals surface area contributed by atoms with Crippen LogP contribution in [0.5, 0.6) is 5.75 Å². The molecule has 0 heterocycles. The molecule has 0 aliphatic carbocycles. The van der Waals surface area contributed by atoms with Crippen molar-refractivity contribution in [2.45, 2.75) is 57.1 Å². The number of anilines is 1. The van der Waals surface area contributed by atoms with E-state index in [0.717, 1.165) is 15.4 Å². The van der Waals surface area contributed by atoms with Crippen LogP contribution in [0.1, 0.15) is 37.5 Å². The van der Waals surface area contributed by atoms with Crippen LogP contribution in [0.2, 0.25) is 0 Å². The zero-order chi connectivity index (χ0) is 33.5. The topological polar surface area (TPSA) is 96.0 Å². The van der Waals surface area contributed by atoms with Gasteiger partial charge in [-0.05, 0) is 69.2 Å². The molecule has 4 aromatic rings. The number of methoxy groups -OCH3 is 1. The van der Waals surface area contributed by atoms with E-state index in [9.17, 15) is 18.0 Å². The number of halogens is 1. The standard InChI is InChI=1S/C36H40FN3O5S/c1-26-20-21-33(45-5)31(22-26)40(46(43,44)29-17-10-7-11-18-29)25-34(41)39(24-28-16-12-13-19-30(28)37)32(35(42)38-36(2,3)4)23-27-14-8-6-9-15-27/h6-22,32H,23-25H2,1-5H3,(H,38,42)/t32-/m0/s1. The summed E-state index contributed by atoms with van der Waals surface area (Å²) in [5.41, 5.74) is 1.21. The summed E-state index contributed by atoms with van der Waals surface area (Å²) in [5.74, 6) is -1.46. The highest BCUT2D eigenvalue weighted by molar-refractivity contribution is 7.92. The van der Waals surface area contributed by atoms with Gasteiger partial charge in [-0.3, -0.25) is 13.9 Å². The lowest BCUT2D eigenvalue weighted by atomic mass is 10.0. The Morgan fingerprint density at radius 2 is 1.50 bits per heavy atom. The van der Waals surface area contributed by atoms with Gasteiger partial charge in [0, 0.05) is 24.1 Å². The van der Waals surface area contributed by atoms with E-state index in [1.54, 1.807) is 55.5 Å². The third-order valence-corrected chi connectivity index (χ3v) is 9.05. The summed E-state index contributed by atoms with van der Waals surface area (Å²) in [6.07, 6.45) is 0.113. The molecular formula is C36H40FN3O5S. The summed E-state index contributed by atoms with van der Waals surface area (Å²) in [4.78, 5) is 29.8. The third kappa shape index (κ3) is 8.51. The number of hydrogen-bond donors (Lipinski definition) is 1. The van der Waals surface area contributed by atoms with Crippen molar-refractivity contribution in [1.29, 1.82) is 0 Å². The average Bonchev–Trinajstić information content (AvgIpc) is 3.02. The SMILES string of the molecule is COc1ccc(C)cc1N(CC(=O)N(Cc1ccccc1F)[C@@H](Cc1ccccc1)C(=O)NC(C)(C)C)S(=O)(=O)c1ccccc1. The first-order valence-electron chi connectivity index (χ1n) is 14.9. The van der Waals surface area contributed by atoms with Gasteiger partial charge in [0.25, 0.3) is 10.0 Å². The Balaban J connectivity index is 1.87. The maximum Gasteiger partial charge on any atom is 0.264 e. The second-order valence-electron chi connectivity index (χ2n) is 12.1. The molecule has 0 aliphatic heterocycles. The molecule has 4 aromatic carbocycles. The van der Waals surface area contributed by atoms with Crippen molar-refractivity contribution < 1.29 is 27.1 Å². The van der Waals surface area contributed by atoms with Crippen molar-refractivity contribution >= 4 is 27.5 Å². The number of nitrogens with one attached hydrogen (secondary N) is 1. The lowest BCUT2D eigenvalue weighted by Crippen LogP contribution is -2.56. The van der Waals surface area contributed by atoms with Gasteiger partial charge in [0.2, 0.25) is 11.8 Å². The maximum absolute atomic E-state index is 15.1. The van der Waals surface area contributed by atoms with Gasteiger partial charge < -0.3 is 15.0 Å². The van der Waals surface area contributed by atoms with Crippen LogP contribution in [-0.4, -0.2) is 50.4 Å². The molecule has 0 radical (unpaired) electrons. The van der Waals surface area contributed by atoms with Crippen molar-refractivity contribution in [1.82, 2.24) is 10.2 Å². The number of ether oxygens (including phenoxy) is 1. The van der Waals surface area contributed by atoms with Crippen molar-refractivity contribution in [2.75, 3.05) is 18.0 Å². The summed E-state index contributed by atoms with van der Waals surface area (Å²) in [6.45, 7) is 6.32. The Hall–Kier alpha value is -4.70. The number of benzene rings is 4. The van der Waals surface area contributed by atoms with Gasteiger partial charge >= 0.3 is 0 Å². The van der Waals surface area contributed by atoms with Gasteiger partial charge in [0.1, 0.15) is 24.2 Å². The second kappa shape index (κ2) is 14.6. The van der Waals surface area contributed by atoms with E-state index in [1.165, 1.54) is 36.3 Å². The number of sulfonamides is 1. The summed E-state index contributed by atoms with van der Waals surface area (Å²) in [6, 6.07) is 26.9. The normalized spacial score (nSPS) is 12.2. The van der Waals surface area contributed by atoms with Gasteiger partial charge in [-0.25, -0.2) is 12.8 Å². The molecule has 10 heteroatoms. The third-order valence-electron chi connectivity index (χ3n) is 7.28. The maximum atomic E-state index is 15.1. The number of amides is 2. The Kier molecular flexibility index (Phi) is 10.8. The molecule has 0 aliphatic rings. The zero-order valence-electron chi connectivity index (χ0n) is 26.7. The molecule has 46 heavy (non-hydrogen) atoms. The first-order valence-corrected chi connectivity index (χ1v) is 16.4. The summed E-state index contributed by atoms with van der Waals surface area (Å²) in [7, 11) is -2.90. The summed E-state index contributed by atoms with van der Waals surface area (Å²) in [5, 5.41) is 2.96. The molecule has 1 atom stereocenters. The van der Waals surface area contributed by atoms with E-state index in [1.807, 2.05) is 51.1 Å². The summed E-state index contributed by atoms with van der Waals surface area (Å²) >= 11 is 0. The number of rotatable bonds is 12. The van der Waals surface area contributed by atoms with Gasteiger partial charge in [-0.1, -0.05) is 72.8 Å². The molecule has 0 unspecified atom stereocenters. The Morgan fingerprint density at radius 1 is 0.891 bits per heavy atom. The highest BCUT2D eigenvalue weighted by Crippen LogP contribution is 2.34. The van der Waals surface area contributed by atoms with Crippen molar-refractivity contribution in [3.05, 3.63) is 126 Å². The zero-order valence-corrected chi connectivity index (χ0v) is 27.6. The minimum atomic E-state index is -4.32. The Labute approximate surface area is 270 Å². The lowest BCUT2D eigenvalue weighted by Gasteiger charge is -2.35. The number of hydrogen-bond acceptors (Lipinski definition) is 5. The molecule has 0 saturated carbocycles. The van der Waals surface area contributed by atoms with Crippen LogP contribution in [0.15, 0.2) is 108 Å². The number of carbonyl (C=O) groups is 2. The van der Waals surface area contributed by atoms with E-state index in [4.69, 9.17) is 4.74 Å². The van der Waals surface area contributed by atoms with Gasteiger partial charge in [0.15, 0.2) is 0 Å². The van der Waals surface area contributed by atoms with Gasteiger partial charge in [-0.15, -0.1) is 0 Å².